The van der Waals surface area contributed by atoms with Crippen LogP contribution in [0, 0.1) is 6.92 Å². The van der Waals surface area contributed by atoms with Gasteiger partial charge in [0.2, 0.25) is 0 Å². The third-order valence-corrected chi connectivity index (χ3v) is 5.53. The molecule has 0 radical (unpaired) electrons. The van der Waals surface area contributed by atoms with Crippen LogP contribution in [0.3, 0.4) is 0 Å². The molecule has 2 aromatic rings. The van der Waals surface area contributed by atoms with Gasteiger partial charge in [0, 0.05) is 16.8 Å². The van der Waals surface area contributed by atoms with Crippen molar-refractivity contribution in [3.8, 4) is 5.69 Å². The molecule has 1 unspecified atom stereocenters. The highest BCUT2D eigenvalue weighted by atomic mass is 35.5. The van der Waals surface area contributed by atoms with Crippen LogP contribution in [0.4, 0.5) is 5.69 Å². The van der Waals surface area contributed by atoms with E-state index in [2.05, 4.69) is 10.4 Å². The number of benzene rings is 1. The van der Waals surface area contributed by atoms with Gasteiger partial charge in [-0.2, -0.15) is 5.10 Å². The van der Waals surface area contributed by atoms with Crippen molar-refractivity contribution in [3.05, 3.63) is 41.2 Å². The van der Waals surface area contributed by atoms with Crippen LogP contribution in [-0.4, -0.2) is 35.7 Å². The Morgan fingerprint density at radius 2 is 2.14 bits per heavy atom. The van der Waals surface area contributed by atoms with E-state index in [1.54, 1.807) is 23.9 Å². The number of anilines is 1. The minimum absolute atomic E-state index is 0.102. The smallest absolute Gasteiger partial charge is 0.152 e. The molecule has 120 valence electrons. The van der Waals surface area contributed by atoms with Crippen molar-refractivity contribution in [1.82, 2.24) is 9.78 Å². The molecule has 1 heterocycles. The fourth-order valence-electron chi connectivity index (χ4n) is 2.23. The van der Waals surface area contributed by atoms with Gasteiger partial charge in [0.15, 0.2) is 9.84 Å². The number of nitrogens with zero attached hydrogens (tertiary/aromatic N) is 2. The number of halogens is 1. The second-order valence-electron chi connectivity index (χ2n) is 5.28. The summed E-state index contributed by atoms with van der Waals surface area (Å²) in [7, 11) is -3.01. The SMILES string of the molecule is CCS(=O)(=O)CC(C)Nc1cnn(-c2cccc(Cl)c2)c1C. The highest BCUT2D eigenvalue weighted by Crippen LogP contribution is 2.21. The summed E-state index contributed by atoms with van der Waals surface area (Å²) in [6, 6.07) is 7.24. The summed E-state index contributed by atoms with van der Waals surface area (Å²) in [6.45, 7) is 5.44. The van der Waals surface area contributed by atoms with Crippen LogP contribution < -0.4 is 5.32 Å². The number of aromatic nitrogens is 2. The molecule has 0 aliphatic heterocycles. The predicted molar refractivity (Wildman–Crippen MR) is 90.7 cm³/mol. The monoisotopic (exact) mass is 341 g/mol. The summed E-state index contributed by atoms with van der Waals surface area (Å²) in [5.41, 5.74) is 2.59. The quantitative estimate of drug-likeness (QED) is 0.877. The van der Waals surface area contributed by atoms with Crippen molar-refractivity contribution in [2.24, 2.45) is 0 Å². The standard InChI is InChI=1S/C15H20ClN3O2S/c1-4-22(20,21)10-11(2)18-15-9-17-19(12(15)3)14-7-5-6-13(16)8-14/h5-9,11,18H,4,10H2,1-3H3. The Morgan fingerprint density at radius 1 is 1.41 bits per heavy atom. The summed E-state index contributed by atoms with van der Waals surface area (Å²) in [6.07, 6.45) is 1.70. The van der Waals surface area contributed by atoms with E-state index < -0.39 is 9.84 Å². The molecule has 1 N–H and O–H groups in total. The third kappa shape index (κ3) is 4.01. The van der Waals surface area contributed by atoms with Crippen molar-refractivity contribution >= 4 is 27.1 Å². The minimum atomic E-state index is -3.01. The molecule has 0 saturated carbocycles. The van der Waals surface area contributed by atoms with Gasteiger partial charge in [0.25, 0.3) is 0 Å². The predicted octanol–water partition coefficient (Wildman–Crippen LogP) is 3.07. The lowest BCUT2D eigenvalue weighted by Gasteiger charge is -2.14. The zero-order valence-electron chi connectivity index (χ0n) is 12.9. The van der Waals surface area contributed by atoms with Gasteiger partial charge >= 0.3 is 0 Å². The first kappa shape index (κ1) is 16.8. The lowest BCUT2D eigenvalue weighted by molar-refractivity contribution is 0.593. The van der Waals surface area contributed by atoms with Gasteiger partial charge in [-0.05, 0) is 32.0 Å². The molecule has 1 aromatic heterocycles. The Morgan fingerprint density at radius 3 is 2.77 bits per heavy atom. The fraction of sp³-hybridized carbons (Fsp3) is 0.400. The van der Waals surface area contributed by atoms with Gasteiger partial charge < -0.3 is 5.32 Å². The van der Waals surface area contributed by atoms with Crippen LogP contribution in [-0.2, 0) is 9.84 Å². The average Bonchev–Trinajstić information content (AvgIpc) is 2.79. The maximum atomic E-state index is 11.7. The zero-order chi connectivity index (χ0) is 16.3. The molecule has 1 atom stereocenters. The molecular weight excluding hydrogens is 322 g/mol. The van der Waals surface area contributed by atoms with E-state index in [9.17, 15) is 8.42 Å². The molecule has 0 aliphatic rings. The van der Waals surface area contributed by atoms with Crippen LogP contribution in [0.2, 0.25) is 5.02 Å². The van der Waals surface area contributed by atoms with Gasteiger partial charge in [-0.3, -0.25) is 0 Å². The second kappa shape index (κ2) is 6.71. The van der Waals surface area contributed by atoms with E-state index >= 15 is 0 Å². The normalized spacial score (nSPS) is 13.1. The lowest BCUT2D eigenvalue weighted by Crippen LogP contribution is -2.26. The molecule has 0 aliphatic carbocycles. The van der Waals surface area contributed by atoms with Gasteiger partial charge in [-0.15, -0.1) is 0 Å². The highest BCUT2D eigenvalue weighted by molar-refractivity contribution is 7.91. The largest absolute Gasteiger partial charge is 0.379 e. The molecule has 0 fully saturated rings. The molecule has 2 rings (SSSR count). The topological polar surface area (TPSA) is 64.0 Å². The van der Waals surface area contributed by atoms with Crippen molar-refractivity contribution in [2.75, 3.05) is 16.8 Å². The number of sulfone groups is 1. The Labute approximate surface area is 136 Å². The van der Waals surface area contributed by atoms with Crippen molar-refractivity contribution in [2.45, 2.75) is 26.8 Å². The molecule has 5 nitrogen and oxygen atoms in total. The van der Waals surface area contributed by atoms with E-state index in [-0.39, 0.29) is 17.5 Å². The molecule has 1 aromatic carbocycles. The van der Waals surface area contributed by atoms with E-state index in [4.69, 9.17) is 11.6 Å². The second-order valence-corrected chi connectivity index (χ2v) is 8.11. The van der Waals surface area contributed by atoms with Gasteiger partial charge in [-0.25, -0.2) is 13.1 Å². The van der Waals surface area contributed by atoms with E-state index in [0.717, 1.165) is 17.1 Å². The zero-order valence-corrected chi connectivity index (χ0v) is 14.4. The first-order chi connectivity index (χ1) is 10.3. The molecule has 0 spiro atoms. The lowest BCUT2D eigenvalue weighted by atomic mass is 10.3. The van der Waals surface area contributed by atoms with Crippen molar-refractivity contribution in [1.29, 1.82) is 0 Å². The van der Waals surface area contributed by atoms with Crippen LogP contribution in [0.25, 0.3) is 5.69 Å². The third-order valence-electron chi connectivity index (χ3n) is 3.41. The van der Waals surface area contributed by atoms with E-state index in [1.807, 2.05) is 32.0 Å². The summed E-state index contributed by atoms with van der Waals surface area (Å²) < 4.78 is 25.1. The van der Waals surface area contributed by atoms with Crippen molar-refractivity contribution in [3.63, 3.8) is 0 Å². The molecule has 7 heteroatoms. The fourth-order valence-corrected chi connectivity index (χ4v) is 3.49. The molecule has 22 heavy (non-hydrogen) atoms. The summed E-state index contributed by atoms with van der Waals surface area (Å²) in [4.78, 5) is 0. The number of nitrogens with one attached hydrogen (secondary N) is 1. The van der Waals surface area contributed by atoms with Crippen LogP contribution in [0.5, 0.6) is 0 Å². The summed E-state index contributed by atoms with van der Waals surface area (Å²) >= 11 is 6.00. The summed E-state index contributed by atoms with van der Waals surface area (Å²) in [5.74, 6) is 0.255. The van der Waals surface area contributed by atoms with Gasteiger partial charge in [0.1, 0.15) is 0 Å². The van der Waals surface area contributed by atoms with Gasteiger partial charge in [0.05, 0.1) is 29.0 Å². The molecule has 0 bridgehead atoms. The van der Waals surface area contributed by atoms with Crippen LogP contribution in [0.1, 0.15) is 19.5 Å². The molecular formula is C15H20ClN3O2S. The van der Waals surface area contributed by atoms with Crippen molar-refractivity contribution < 1.29 is 8.42 Å². The van der Waals surface area contributed by atoms with Crippen LogP contribution >= 0.6 is 11.6 Å². The number of hydrogen-bond acceptors (Lipinski definition) is 4. The average molecular weight is 342 g/mol. The Balaban J connectivity index is 2.18. The Hall–Kier alpha value is -1.53. The first-order valence-electron chi connectivity index (χ1n) is 7.10. The Bertz CT molecular complexity index is 756. The van der Waals surface area contributed by atoms with Gasteiger partial charge in [-0.1, -0.05) is 24.6 Å². The maximum Gasteiger partial charge on any atom is 0.152 e. The number of rotatable bonds is 6. The maximum absolute atomic E-state index is 11.7. The highest BCUT2D eigenvalue weighted by Gasteiger charge is 2.16. The van der Waals surface area contributed by atoms with E-state index in [1.165, 1.54) is 0 Å². The Kier molecular flexibility index (Phi) is 5.13. The summed E-state index contributed by atoms with van der Waals surface area (Å²) in [5, 5.41) is 8.20. The molecule has 0 saturated heterocycles. The van der Waals surface area contributed by atoms with Crippen LogP contribution in [0.15, 0.2) is 30.5 Å². The minimum Gasteiger partial charge on any atom is -0.379 e. The first-order valence-corrected chi connectivity index (χ1v) is 9.30. The number of hydrogen-bond donors (Lipinski definition) is 1. The van der Waals surface area contributed by atoms with E-state index in [0.29, 0.717) is 5.02 Å². The molecule has 0 amide bonds.